The molecule has 0 saturated heterocycles. The molecule has 3 heterocycles. The zero-order valence-electron chi connectivity index (χ0n) is 14.2. The van der Waals surface area contributed by atoms with E-state index in [4.69, 9.17) is 0 Å². The van der Waals surface area contributed by atoms with Crippen LogP contribution in [0.15, 0.2) is 47.4 Å². The molecule has 1 amide bonds. The smallest absolute Gasteiger partial charge is 0.248 e. The Morgan fingerprint density at radius 2 is 2.04 bits per heavy atom. The number of carbonyl (C=O) groups excluding carboxylic acids is 1. The van der Waals surface area contributed by atoms with E-state index in [0.717, 1.165) is 22.5 Å². The Kier molecular flexibility index (Phi) is 4.35. The zero-order valence-corrected chi connectivity index (χ0v) is 14.2. The Balaban J connectivity index is 1.39. The fraction of sp³-hybridized carbons (Fsp3) is 0.263. The Hall–Kier alpha value is -3.22. The van der Waals surface area contributed by atoms with Gasteiger partial charge < -0.3 is 9.88 Å². The highest BCUT2D eigenvalue weighted by Gasteiger charge is 2.22. The van der Waals surface area contributed by atoms with E-state index < -0.39 is 0 Å². The lowest BCUT2D eigenvalue weighted by Gasteiger charge is -2.28. The summed E-state index contributed by atoms with van der Waals surface area (Å²) < 4.78 is 0. The van der Waals surface area contributed by atoms with Crippen LogP contribution < -0.4 is 5.56 Å². The number of fused-ring (bicyclic) bond motifs is 1. The van der Waals surface area contributed by atoms with Gasteiger partial charge in [0.25, 0.3) is 0 Å². The van der Waals surface area contributed by atoms with Crippen LogP contribution in [0.25, 0.3) is 0 Å². The highest BCUT2D eigenvalue weighted by Crippen LogP contribution is 2.17. The second kappa shape index (κ2) is 6.95. The quantitative estimate of drug-likeness (QED) is 0.740. The summed E-state index contributed by atoms with van der Waals surface area (Å²) in [7, 11) is 0. The molecule has 0 fully saturated rings. The number of benzene rings is 1. The van der Waals surface area contributed by atoms with Crippen LogP contribution in [0.3, 0.4) is 0 Å². The van der Waals surface area contributed by atoms with Crippen LogP contribution >= 0.6 is 0 Å². The summed E-state index contributed by atoms with van der Waals surface area (Å²) in [5.41, 5.74) is 3.04. The SMILES string of the molecule is O=C(Cc1n[nH]c(Cc2ccccc2)n1)N1CCc2cc(=O)[nH]cc2C1. The number of carbonyl (C=O) groups is 1. The number of rotatable bonds is 4. The highest BCUT2D eigenvalue weighted by molar-refractivity contribution is 5.78. The Bertz CT molecular complexity index is 977. The van der Waals surface area contributed by atoms with Gasteiger partial charge in [0.15, 0.2) is 5.82 Å². The van der Waals surface area contributed by atoms with Gasteiger partial charge in [0, 0.05) is 31.8 Å². The maximum absolute atomic E-state index is 12.6. The average molecular weight is 349 g/mol. The van der Waals surface area contributed by atoms with Crippen molar-refractivity contribution in [2.24, 2.45) is 0 Å². The first-order valence-electron chi connectivity index (χ1n) is 8.60. The Morgan fingerprint density at radius 3 is 2.88 bits per heavy atom. The zero-order chi connectivity index (χ0) is 17.9. The van der Waals surface area contributed by atoms with Gasteiger partial charge in [-0.2, -0.15) is 5.10 Å². The van der Waals surface area contributed by atoms with Crippen LogP contribution in [-0.4, -0.2) is 37.5 Å². The molecule has 0 saturated carbocycles. The van der Waals surface area contributed by atoms with Gasteiger partial charge in [0.05, 0.1) is 6.42 Å². The summed E-state index contributed by atoms with van der Waals surface area (Å²) >= 11 is 0. The van der Waals surface area contributed by atoms with Crippen molar-refractivity contribution in [3.63, 3.8) is 0 Å². The van der Waals surface area contributed by atoms with Crippen molar-refractivity contribution in [3.8, 4) is 0 Å². The first-order chi connectivity index (χ1) is 12.7. The van der Waals surface area contributed by atoms with Crippen LogP contribution in [0.1, 0.15) is 28.3 Å². The summed E-state index contributed by atoms with van der Waals surface area (Å²) in [5, 5.41) is 7.08. The van der Waals surface area contributed by atoms with Crippen LogP contribution in [0, 0.1) is 0 Å². The van der Waals surface area contributed by atoms with Crippen LogP contribution in [0.5, 0.6) is 0 Å². The van der Waals surface area contributed by atoms with E-state index >= 15 is 0 Å². The molecule has 7 heteroatoms. The molecule has 2 aromatic heterocycles. The Labute approximate surface area is 150 Å². The fourth-order valence-corrected chi connectivity index (χ4v) is 3.21. The summed E-state index contributed by atoms with van der Waals surface area (Å²) in [6.07, 6.45) is 3.22. The lowest BCUT2D eigenvalue weighted by molar-refractivity contribution is -0.131. The molecule has 132 valence electrons. The molecular weight excluding hydrogens is 330 g/mol. The number of aromatic nitrogens is 4. The Morgan fingerprint density at radius 1 is 1.19 bits per heavy atom. The lowest BCUT2D eigenvalue weighted by atomic mass is 10.0. The molecule has 2 N–H and O–H groups in total. The lowest BCUT2D eigenvalue weighted by Crippen LogP contribution is -2.37. The summed E-state index contributed by atoms with van der Waals surface area (Å²) in [5.74, 6) is 1.25. The highest BCUT2D eigenvalue weighted by atomic mass is 16.2. The molecule has 4 rings (SSSR count). The standard InChI is InChI=1S/C19H19N5O2/c25-18-9-14-6-7-24(12-15(14)11-20-18)19(26)10-17-21-16(22-23-17)8-13-4-2-1-3-5-13/h1-5,9,11H,6-8,10,12H2,(H,20,25)(H,21,22,23). The molecule has 0 unspecified atom stereocenters. The van der Waals surface area contributed by atoms with Gasteiger partial charge >= 0.3 is 0 Å². The third-order valence-corrected chi connectivity index (χ3v) is 4.57. The van der Waals surface area contributed by atoms with Gasteiger partial charge in [0.2, 0.25) is 11.5 Å². The van der Waals surface area contributed by atoms with E-state index in [2.05, 4.69) is 20.2 Å². The molecule has 7 nitrogen and oxygen atoms in total. The topological polar surface area (TPSA) is 94.7 Å². The minimum absolute atomic E-state index is 0.00730. The van der Waals surface area contributed by atoms with Crippen molar-refractivity contribution >= 4 is 5.91 Å². The monoisotopic (exact) mass is 349 g/mol. The van der Waals surface area contributed by atoms with Gasteiger partial charge in [-0.25, -0.2) is 4.98 Å². The van der Waals surface area contributed by atoms with Crippen LogP contribution in [0.4, 0.5) is 0 Å². The average Bonchev–Trinajstić information content (AvgIpc) is 3.08. The number of pyridine rings is 1. The molecule has 1 aromatic carbocycles. The first kappa shape index (κ1) is 16.3. The molecular formula is C19H19N5O2. The van der Waals surface area contributed by atoms with E-state index in [9.17, 15) is 9.59 Å². The van der Waals surface area contributed by atoms with Gasteiger partial charge in [0.1, 0.15) is 5.82 Å². The molecule has 1 aliphatic rings. The number of nitrogens with one attached hydrogen (secondary N) is 2. The van der Waals surface area contributed by atoms with Crippen molar-refractivity contribution in [1.82, 2.24) is 25.1 Å². The number of aromatic amines is 2. The fourth-order valence-electron chi connectivity index (χ4n) is 3.21. The first-order valence-corrected chi connectivity index (χ1v) is 8.60. The largest absolute Gasteiger partial charge is 0.338 e. The van der Waals surface area contributed by atoms with Crippen molar-refractivity contribution in [1.29, 1.82) is 0 Å². The summed E-state index contributed by atoms with van der Waals surface area (Å²) in [6.45, 7) is 1.11. The second-order valence-corrected chi connectivity index (χ2v) is 6.45. The molecule has 3 aromatic rings. The maximum atomic E-state index is 12.6. The number of amides is 1. The molecule has 0 radical (unpaired) electrons. The van der Waals surface area contributed by atoms with Crippen molar-refractivity contribution in [2.75, 3.05) is 6.54 Å². The molecule has 0 atom stereocenters. The third kappa shape index (κ3) is 3.56. The molecule has 0 bridgehead atoms. The molecule has 0 aliphatic carbocycles. The minimum Gasteiger partial charge on any atom is -0.338 e. The van der Waals surface area contributed by atoms with Crippen molar-refractivity contribution in [3.05, 3.63) is 81.3 Å². The van der Waals surface area contributed by atoms with Crippen LogP contribution in [-0.2, 0) is 30.6 Å². The summed E-state index contributed by atoms with van der Waals surface area (Å²) in [4.78, 5) is 32.8. The number of hydrogen-bond acceptors (Lipinski definition) is 4. The van der Waals surface area contributed by atoms with Crippen molar-refractivity contribution in [2.45, 2.75) is 25.8 Å². The molecule has 1 aliphatic heterocycles. The molecule has 26 heavy (non-hydrogen) atoms. The molecule has 0 spiro atoms. The number of H-pyrrole nitrogens is 2. The maximum Gasteiger partial charge on any atom is 0.248 e. The number of nitrogens with zero attached hydrogens (tertiary/aromatic N) is 3. The van der Waals surface area contributed by atoms with E-state index in [-0.39, 0.29) is 17.9 Å². The van der Waals surface area contributed by atoms with Crippen LogP contribution in [0.2, 0.25) is 0 Å². The predicted molar refractivity (Wildman–Crippen MR) is 95.5 cm³/mol. The predicted octanol–water partition coefficient (Wildman–Crippen LogP) is 1.21. The van der Waals surface area contributed by atoms with Gasteiger partial charge in [-0.1, -0.05) is 30.3 Å². The minimum atomic E-state index is -0.102. The van der Waals surface area contributed by atoms with Crippen molar-refractivity contribution < 1.29 is 4.79 Å². The normalized spacial score (nSPS) is 13.5. The van der Waals surface area contributed by atoms with Gasteiger partial charge in [-0.3, -0.25) is 14.7 Å². The van der Waals surface area contributed by atoms with E-state index in [1.54, 1.807) is 17.2 Å². The van der Waals surface area contributed by atoms with E-state index in [1.807, 2.05) is 30.3 Å². The van der Waals surface area contributed by atoms with Gasteiger partial charge in [-0.15, -0.1) is 0 Å². The van der Waals surface area contributed by atoms with E-state index in [0.29, 0.717) is 31.8 Å². The third-order valence-electron chi connectivity index (χ3n) is 4.57. The number of hydrogen-bond donors (Lipinski definition) is 2. The van der Waals surface area contributed by atoms with Gasteiger partial charge in [-0.05, 0) is 23.1 Å². The second-order valence-electron chi connectivity index (χ2n) is 6.45. The van der Waals surface area contributed by atoms with E-state index in [1.165, 1.54) is 0 Å². The summed E-state index contributed by atoms with van der Waals surface area (Å²) in [6, 6.07) is 11.6.